The van der Waals surface area contributed by atoms with Crippen LogP contribution in [0.1, 0.15) is 59.3 Å². The lowest BCUT2D eigenvalue weighted by molar-refractivity contribution is 0.207. The normalized spacial score (nSPS) is 39.2. The Balaban J connectivity index is 1.79. The summed E-state index contributed by atoms with van der Waals surface area (Å²) in [4.78, 5) is 0. The van der Waals surface area contributed by atoms with E-state index in [2.05, 4.69) is 40.5 Å². The minimum absolute atomic E-state index is 0.643. The molecular formula is C21H36O3Si3. The quantitative estimate of drug-likeness (QED) is 0.311. The van der Waals surface area contributed by atoms with Gasteiger partial charge in [0.15, 0.2) is 0 Å². The molecule has 0 N–H and O–H groups in total. The molecule has 4 aliphatic rings. The molecule has 0 spiro atoms. The molecule has 0 bridgehead atoms. The molecule has 3 saturated carbocycles. The van der Waals surface area contributed by atoms with Crippen LogP contribution in [-0.2, 0) is 12.3 Å². The lowest BCUT2D eigenvalue weighted by Gasteiger charge is -2.55. The van der Waals surface area contributed by atoms with Crippen molar-refractivity contribution < 1.29 is 12.3 Å². The van der Waals surface area contributed by atoms with E-state index in [4.69, 9.17) is 12.3 Å². The second-order valence-electron chi connectivity index (χ2n) is 9.97. The molecule has 0 amide bonds. The standard InChI is InChI=1S/C21H36O3Si3/c1-16(2)13-25(19-7-8-19)22-26(14-17(3)4,20-9-10-20)24-27(23-25,15-18(5)6)21-11-12-21/h19-21H,1,3,5,7-15H2,2,4,6H3. The van der Waals surface area contributed by atoms with Gasteiger partial charge in [-0.25, -0.2) is 0 Å². The van der Waals surface area contributed by atoms with E-state index in [0.717, 1.165) is 18.1 Å². The Hall–Kier alpha value is -0.249. The van der Waals surface area contributed by atoms with Crippen LogP contribution in [0.3, 0.4) is 0 Å². The summed E-state index contributed by atoms with van der Waals surface area (Å²) in [5.74, 6) is 0. The minimum atomic E-state index is -2.35. The number of hydrogen-bond donors (Lipinski definition) is 0. The summed E-state index contributed by atoms with van der Waals surface area (Å²) < 4.78 is 21.8. The molecule has 1 saturated heterocycles. The van der Waals surface area contributed by atoms with E-state index in [1.165, 1.54) is 55.2 Å². The highest BCUT2D eigenvalue weighted by atomic mass is 28.5. The maximum Gasteiger partial charge on any atom is 0.327 e. The fourth-order valence-electron chi connectivity index (χ4n) is 4.92. The van der Waals surface area contributed by atoms with Crippen molar-refractivity contribution in [1.82, 2.24) is 0 Å². The highest BCUT2D eigenvalue weighted by Crippen LogP contribution is 2.63. The van der Waals surface area contributed by atoms with Crippen LogP contribution in [0.4, 0.5) is 0 Å². The van der Waals surface area contributed by atoms with Crippen molar-refractivity contribution >= 4 is 25.7 Å². The van der Waals surface area contributed by atoms with Crippen molar-refractivity contribution in [1.29, 1.82) is 0 Å². The van der Waals surface area contributed by atoms with E-state index >= 15 is 0 Å². The van der Waals surface area contributed by atoms with Gasteiger partial charge in [-0.1, -0.05) is 16.7 Å². The van der Waals surface area contributed by atoms with Gasteiger partial charge in [-0.15, -0.1) is 19.7 Å². The third kappa shape index (κ3) is 4.07. The second kappa shape index (κ2) is 6.92. The van der Waals surface area contributed by atoms with E-state index < -0.39 is 25.7 Å². The van der Waals surface area contributed by atoms with Crippen LogP contribution in [-0.4, -0.2) is 25.7 Å². The van der Waals surface area contributed by atoms with Crippen LogP contribution in [0, 0.1) is 0 Å². The molecule has 0 aromatic rings. The van der Waals surface area contributed by atoms with Crippen molar-refractivity contribution in [3.8, 4) is 0 Å². The van der Waals surface area contributed by atoms with Gasteiger partial charge in [0.2, 0.25) is 0 Å². The third-order valence-electron chi connectivity index (χ3n) is 6.28. The lowest BCUT2D eigenvalue weighted by Crippen LogP contribution is -2.71. The zero-order chi connectivity index (χ0) is 19.4. The van der Waals surface area contributed by atoms with Crippen LogP contribution < -0.4 is 0 Å². The molecule has 0 aromatic heterocycles. The monoisotopic (exact) mass is 420 g/mol. The Kier molecular flexibility index (Phi) is 5.14. The Bertz CT molecular complexity index is 565. The molecule has 0 aromatic carbocycles. The van der Waals surface area contributed by atoms with E-state index in [9.17, 15) is 0 Å². The second-order valence-corrected chi connectivity index (χ2v) is 20.8. The predicted molar refractivity (Wildman–Crippen MR) is 118 cm³/mol. The fraction of sp³-hybridized carbons (Fsp3) is 0.714. The summed E-state index contributed by atoms with van der Waals surface area (Å²) in [5.41, 5.74) is 5.59. The largest absolute Gasteiger partial charge is 0.415 e. The van der Waals surface area contributed by atoms with Crippen molar-refractivity contribution in [3.05, 3.63) is 36.5 Å². The van der Waals surface area contributed by atoms with Crippen LogP contribution in [0.2, 0.25) is 34.8 Å². The van der Waals surface area contributed by atoms with Gasteiger partial charge < -0.3 is 12.3 Å². The average molecular weight is 421 g/mol. The molecular weight excluding hydrogens is 384 g/mol. The van der Waals surface area contributed by atoms with E-state index in [1.54, 1.807) is 0 Å². The molecule has 1 heterocycles. The minimum Gasteiger partial charge on any atom is -0.415 e. The first-order valence-corrected chi connectivity index (χ1v) is 17.0. The van der Waals surface area contributed by atoms with Crippen LogP contribution in [0.15, 0.2) is 36.5 Å². The molecule has 3 nitrogen and oxygen atoms in total. The summed E-state index contributed by atoms with van der Waals surface area (Å²) in [7, 11) is -7.04. The van der Waals surface area contributed by atoms with Crippen LogP contribution >= 0.6 is 0 Å². The zero-order valence-electron chi connectivity index (χ0n) is 17.4. The molecule has 0 radical (unpaired) electrons. The zero-order valence-corrected chi connectivity index (χ0v) is 20.4. The maximum atomic E-state index is 7.26. The van der Waals surface area contributed by atoms with Gasteiger partial charge in [0.05, 0.1) is 0 Å². The lowest BCUT2D eigenvalue weighted by atomic mass is 10.4. The molecule has 1 aliphatic heterocycles. The molecule has 6 heteroatoms. The first-order chi connectivity index (χ1) is 12.7. The SMILES string of the molecule is C=C(C)C[Si]1(C2CC2)O[Si](CC(=C)C)(C2CC2)O[Si](CC(=C)C)(C2CC2)O1. The molecule has 0 unspecified atom stereocenters. The van der Waals surface area contributed by atoms with E-state index in [0.29, 0.717) is 16.6 Å². The number of allylic oxidation sites excluding steroid dienone is 3. The van der Waals surface area contributed by atoms with Crippen molar-refractivity contribution in [2.24, 2.45) is 0 Å². The summed E-state index contributed by atoms with van der Waals surface area (Å²) >= 11 is 0. The fourth-order valence-corrected chi connectivity index (χ4v) is 25.8. The molecule has 150 valence electrons. The maximum absolute atomic E-state index is 7.26. The van der Waals surface area contributed by atoms with Gasteiger partial charge in [-0.3, -0.25) is 0 Å². The first-order valence-electron chi connectivity index (χ1n) is 10.7. The summed E-state index contributed by atoms with van der Waals surface area (Å²) in [6.07, 6.45) is 7.61. The van der Waals surface area contributed by atoms with Gasteiger partial charge in [0, 0.05) is 34.8 Å². The average Bonchev–Trinajstić information content (AvgIpc) is 3.37. The Morgan fingerprint density at radius 3 is 0.963 bits per heavy atom. The highest BCUT2D eigenvalue weighted by molar-refractivity contribution is 6.97. The Labute approximate surface area is 168 Å². The predicted octanol–water partition coefficient (Wildman–Crippen LogP) is 6.60. The highest BCUT2D eigenvalue weighted by Gasteiger charge is 2.72. The number of rotatable bonds is 9. The summed E-state index contributed by atoms with van der Waals surface area (Å²) in [5, 5.41) is 0. The van der Waals surface area contributed by atoms with Gasteiger partial charge in [0.25, 0.3) is 0 Å². The molecule has 3 aliphatic carbocycles. The van der Waals surface area contributed by atoms with Crippen LogP contribution in [0.25, 0.3) is 0 Å². The van der Waals surface area contributed by atoms with Gasteiger partial charge in [-0.05, 0) is 59.3 Å². The van der Waals surface area contributed by atoms with E-state index in [-0.39, 0.29) is 0 Å². The van der Waals surface area contributed by atoms with Crippen LogP contribution in [0.5, 0.6) is 0 Å². The molecule has 4 fully saturated rings. The van der Waals surface area contributed by atoms with E-state index in [1.807, 2.05) is 0 Å². The number of hydrogen-bond acceptors (Lipinski definition) is 3. The van der Waals surface area contributed by atoms with Crippen molar-refractivity contribution in [2.45, 2.75) is 94.1 Å². The molecule has 0 atom stereocenters. The van der Waals surface area contributed by atoms with Crippen molar-refractivity contribution in [3.63, 3.8) is 0 Å². The van der Waals surface area contributed by atoms with Gasteiger partial charge >= 0.3 is 25.7 Å². The summed E-state index contributed by atoms with van der Waals surface area (Å²) in [6, 6.07) is 2.86. The first kappa shape index (κ1) is 20.0. The third-order valence-corrected chi connectivity index (χ3v) is 23.3. The van der Waals surface area contributed by atoms with Crippen molar-refractivity contribution in [2.75, 3.05) is 0 Å². The van der Waals surface area contributed by atoms with Gasteiger partial charge in [-0.2, -0.15) is 0 Å². The molecule has 27 heavy (non-hydrogen) atoms. The summed E-state index contributed by atoms with van der Waals surface area (Å²) in [6.45, 7) is 19.3. The smallest absolute Gasteiger partial charge is 0.327 e. The van der Waals surface area contributed by atoms with Gasteiger partial charge in [0.1, 0.15) is 0 Å². The Morgan fingerprint density at radius 2 is 0.815 bits per heavy atom. The topological polar surface area (TPSA) is 27.7 Å². The Morgan fingerprint density at radius 1 is 0.593 bits per heavy atom. The molecule has 4 rings (SSSR count).